The molecule has 1 saturated heterocycles. The fourth-order valence-corrected chi connectivity index (χ4v) is 5.76. The summed E-state index contributed by atoms with van der Waals surface area (Å²) in [6, 6.07) is 9.96. The van der Waals surface area contributed by atoms with Crippen LogP contribution in [-0.4, -0.2) is 77.4 Å². The van der Waals surface area contributed by atoms with E-state index in [0.717, 1.165) is 54.8 Å². The van der Waals surface area contributed by atoms with Crippen LogP contribution in [0.5, 0.6) is 5.75 Å². The quantitative estimate of drug-likeness (QED) is 0.255. The minimum absolute atomic E-state index is 0.0121. The number of rotatable bonds is 8. The Kier molecular flexibility index (Phi) is 8.47. The molecule has 5 heterocycles. The Bertz CT molecular complexity index is 1770. The van der Waals surface area contributed by atoms with Crippen LogP contribution in [0.3, 0.4) is 0 Å². The first-order valence-electron chi connectivity index (χ1n) is 14.9. The zero-order chi connectivity index (χ0) is 31.5. The lowest BCUT2D eigenvalue weighted by atomic mass is 9.95. The zero-order valence-corrected chi connectivity index (χ0v) is 25.5. The molecule has 0 unspecified atom stereocenters. The summed E-state index contributed by atoms with van der Waals surface area (Å²) < 4.78 is 7.93. The van der Waals surface area contributed by atoms with Gasteiger partial charge < -0.3 is 35.1 Å². The lowest BCUT2D eigenvalue weighted by Crippen LogP contribution is -2.42. The molecule has 232 valence electrons. The van der Waals surface area contributed by atoms with Gasteiger partial charge in [-0.3, -0.25) is 14.6 Å². The van der Waals surface area contributed by atoms with E-state index in [1.807, 2.05) is 42.9 Å². The number of nitrogens with one attached hydrogen (secondary N) is 3. The summed E-state index contributed by atoms with van der Waals surface area (Å²) in [6.45, 7) is 2.93. The average Bonchev–Trinajstić information content (AvgIpc) is 3.52. The number of allylic oxidation sites excluding steroid dienone is 1. The van der Waals surface area contributed by atoms with Crippen LogP contribution in [0.15, 0.2) is 66.9 Å². The van der Waals surface area contributed by atoms with Gasteiger partial charge in [0.05, 0.1) is 17.4 Å². The molecule has 0 atom stereocenters. The van der Waals surface area contributed by atoms with Gasteiger partial charge in [-0.25, -0.2) is 9.78 Å². The number of fused-ring (bicyclic) bond motifs is 2. The molecule has 1 aromatic carbocycles. The number of aromatic nitrogens is 3. The summed E-state index contributed by atoms with van der Waals surface area (Å²) in [4.78, 5) is 51.6. The molecule has 45 heavy (non-hydrogen) atoms. The summed E-state index contributed by atoms with van der Waals surface area (Å²) in [5.41, 5.74) is 3.98. The number of ether oxygens (including phenoxy) is 1. The first-order valence-corrected chi connectivity index (χ1v) is 14.9. The molecular weight excluding hydrogens is 572 g/mol. The van der Waals surface area contributed by atoms with Gasteiger partial charge in [0.25, 0.3) is 0 Å². The van der Waals surface area contributed by atoms with E-state index < -0.39 is 6.03 Å². The number of amides is 3. The second kappa shape index (κ2) is 12.8. The van der Waals surface area contributed by atoms with Gasteiger partial charge >= 0.3 is 6.03 Å². The number of nitrogens with zero attached hydrogens (tertiary/aromatic N) is 5. The van der Waals surface area contributed by atoms with Gasteiger partial charge in [0.1, 0.15) is 11.4 Å². The van der Waals surface area contributed by atoms with Crippen LogP contribution in [0.25, 0.3) is 17.1 Å². The van der Waals surface area contributed by atoms with E-state index in [4.69, 9.17) is 4.74 Å². The van der Waals surface area contributed by atoms with Gasteiger partial charge in [-0.1, -0.05) is 0 Å². The number of carbonyl (C=O) groups is 3. The van der Waals surface area contributed by atoms with Crippen molar-refractivity contribution in [2.75, 3.05) is 55.8 Å². The van der Waals surface area contributed by atoms with Gasteiger partial charge in [-0.2, -0.15) is 0 Å². The maximum atomic E-state index is 13.5. The Balaban J connectivity index is 1.18. The molecule has 4 aromatic rings. The molecule has 0 spiro atoms. The number of urea groups is 1. The molecule has 0 saturated carbocycles. The minimum atomic E-state index is -0.449. The smallest absolute Gasteiger partial charge is 0.323 e. The Morgan fingerprint density at radius 3 is 2.64 bits per heavy atom. The number of benzene rings is 1. The van der Waals surface area contributed by atoms with Crippen LogP contribution in [0.2, 0.25) is 0 Å². The minimum Gasteiger partial charge on any atom is -0.452 e. The topological polar surface area (TPSA) is 134 Å². The second-order valence-electron chi connectivity index (χ2n) is 11.6. The molecule has 3 N–H and O–H groups in total. The SMILES string of the molecule is CN(C)CCNC(=O)C1CCN(c2ccnc3c2c(C=C2Oc4ccc(NC(=O)Nc5cccnc5)cc4C2=O)cn3C)CC1. The lowest BCUT2D eigenvalue weighted by Gasteiger charge is -2.33. The summed E-state index contributed by atoms with van der Waals surface area (Å²) >= 11 is 0. The molecule has 3 aromatic heterocycles. The van der Waals surface area contributed by atoms with E-state index >= 15 is 0 Å². The van der Waals surface area contributed by atoms with Crippen molar-refractivity contribution in [2.45, 2.75) is 12.8 Å². The Morgan fingerprint density at radius 1 is 1.09 bits per heavy atom. The molecule has 2 aliphatic rings. The summed E-state index contributed by atoms with van der Waals surface area (Å²) in [5.74, 6) is 0.448. The molecule has 0 bridgehead atoms. The number of aryl methyl sites for hydroxylation is 1. The van der Waals surface area contributed by atoms with Crippen molar-refractivity contribution in [1.29, 1.82) is 0 Å². The van der Waals surface area contributed by atoms with Gasteiger partial charge in [-0.15, -0.1) is 0 Å². The maximum absolute atomic E-state index is 13.5. The molecule has 3 amide bonds. The van der Waals surface area contributed by atoms with Crippen LogP contribution in [-0.2, 0) is 11.8 Å². The van der Waals surface area contributed by atoms with Crippen LogP contribution in [0, 0.1) is 5.92 Å². The molecule has 12 nitrogen and oxygen atoms in total. The lowest BCUT2D eigenvalue weighted by molar-refractivity contribution is -0.125. The van der Waals surface area contributed by atoms with E-state index in [1.54, 1.807) is 55.0 Å². The van der Waals surface area contributed by atoms with E-state index in [1.165, 1.54) is 0 Å². The molecule has 1 fully saturated rings. The highest BCUT2D eigenvalue weighted by molar-refractivity contribution is 6.16. The Hall–Kier alpha value is -5.23. The van der Waals surface area contributed by atoms with Crippen molar-refractivity contribution in [2.24, 2.45) is 13.0 Å². The fraction of sp³-hybridized carbons (Fsp3) is 0.303. The normalized spacial score (nSPS) is 15.8. The number of Topliss-reactive ketones (excluding diaryl/α,β-unsaturated/α-hetero) is 1. The predicted molar refractivity (Wildman–Crippen MR) is 173 cm³/mol. The predicted octanol–water partition coefficient (Wildman–Crippen LogP) is 4.12. The van der Waals surface area contributed by atoms with Crippen molar-refractivity contribution < 1.29 is 19.1 Å². The molecule has 0 radical (unpaired) electrons. The van der Waals surface area contributed by atoms with Gasteiger partial charge in [0, 0.05) is 80.1 Å². The van der Waals surface area contributed by atoms with E-state index in [-0.39, 0.29) is 23.4 Å². The highest BCUT2D eigenvalue weighted by atomic mass is 16.5. The number of piperidine rings is 1. The first-order chi connectivity index (χ1) is 21.8. The number of pyridine rings is 2. The largest absolute Gasteiger partial charge is 0.452 e. The summed E-state index contributed by atoms with van der Waals surface area (Å²) in [7, 11) is 5.90. The molecule has 12 heteroatoms. The fourth-order valence-electron chi connectivity index (χ4n) is 5.76. The Morgan fingerprint density at radius 2 is 1.89 bits per heavy atom. The van der Waals surface area contributed by atoms with Crippen molar-refractivity contribution in [3.8, 4) is 5.75 Å². The first kappa shape index (κ1) is 29.8. The van der Waals surface area contributed by atoms with Crippen LogP contribution in [0.1, 0.15) is 28.8 Å². The molecule has 6 rings (SSSR count). The standard InChI is InChI=1S/C33H36N8O4/c1-39(2)16-13-36-32(43)21-9-14-41(15-10-21)26-8-12-35-31-29(26)22(20-40(31)3)17-28-30(42)25-18-23(6-7-27(25)45-28)37-33(44)38-24-5-4-11-34-19-24/h4-8,11-12,17-21H,9-10,13-16H2,1-3H3,(H,36,43)(H2,37,38,44). The van der Waals surface area contributed by atoms with E-state index in [2.05, 4.69) is 30.8 Å². The zero-order valence-electron chi connectivity index (χ0n) is 25.5. The number of hydrogen-bond donors (Lipinski definition) is 3. The van der Waals surface area contributed by atoms with Crippen LogP contribution < -0.4 is 25.6 Å². The van der Waals surface area contributed by atoms with E-state index in [0.29, 0.717) is 29.2 Å². The Labute approximate surface area is 261 Å². The van der Waals surface area contributed by atoms with Gasteiger partial charge in [0.2, 0.25) is 11.7 Å². The third-order valence-corrected chi connectivity index (χ3v) is 8.06. The second-order valence-corrected chi connectivity index (χ2v) is 11.6. The van der Waals surface area contributed by atoms with Crippen molar-refractivity contribution in [1.82, 2.24) is 24.8 Å². The molecule has 0 aliphatic carbocycles. The number of carbonyl (C=O) groups excluding carboxylic acids is 3. The number of likely N-dealkylation sites (N-methyl/N-ethyl adjacent to an activating group) is 1. The highest BCUT2D eigenvalue weighted by Crippen LogP contribution is 2.37. The molecule has 2 aliphatic heterocycles. The third-order valence-electron chi connectivity index (χ3n) is 8.06. The number of ketones is 1. The third kappa shape index (κ3) is 6.50. The molecular formula is C33H36N8O4. The van der Waals surface area contributed by atoms with Crippen LogP contribution in [0.4, 0.5) is 21.9 Å². The summed E-state index contributed by atoms with van der Waals surface area (Å²) in [6.07, 6.45) is 10.2. The van der Waals surface area contributed by atoms with E-state index in [9.17, 15) is 14.4 Å². The monoisotopic (exact) mass is 608 g/mol. The number of anilines is 3. The summed E-state index contributed by atoms with van der Waals surface area (Å²) in [5, 5.41) is 9.44. The number of hydrogen-bond acceptors (Lipinski definition) is 8. The van der Waals surface area contributed by atoms with Crippen molar-refractivity contribution in [3.05, 3.63) is 78.1 Å². The van der Waals surface area contributed by atoms with Crippen LogP contribution >= 0.6 is 0 Å². The van der Waals surface area contributed by atoms with Crippen molar-refractivity contribution in [3.63, 3.8) is 0 Å². The maximum Gasteiger partial charge on any atom is 0.323 e. The van der Waals surface area contributed by atoms with Gasteiger partial charge in [0.15, 0.2) is 5.76 Å². The average molecular weight is 609 g/mol. The van der Waals surface area contributed by atoms with Crippen molar-refractivity contribution >= 4 is 51.9 Å². The van der Waals surface area contributed by atoms with Gasteiger partial charge in [-0.05, 0) is 69.4 Å². The highest BCUT2D eigenvalue weighted by Gasteiger charge is 2.30.